The fourth-order valence-corrected chi connectivity index (χ4v) is 4.87. The predicted molar refractivity (Wildman–Crippen MR) is 118 cm³/mol. The normalized spacial score (nSPS) is 14.2. The van der Waals surface area contributed by atoms with Crippen LogP contribution < -0.4 is 9.47 Å². The first-order valence-electron chi connectivity index (χ1n) is 9.78. The molecule has 2 unspecified atom stereocenters. The van der Waals surface area contributed by atoms with E-state index in [0.29, 0.717) is 19.5 Å². The van der Waals surface area contributed by atoms with Crippen LogP contribution in [0.5, 0.6) is 11.5 Å². The summed E-state index contributed by atoms with van der Waals surface area (Å²) in [6.07, 6.45) is 0.489. The van der Waals surface area contributed by atoms with Gasteiger partial charge in [0.1, 0.15) is 33.2 Å². The molecule has 0 saturated carbocycles. The van der Waals surface area contributed by atoms with Gasteiger partial charge in [-0.15, -0.1) is 0 Å². The van der Waals surface area contributed by atoms with Gasteiger partial charge in [0.15, 0.2) is 18.1 Å². The van der Waals surface area contributed by atoms with E-state index in [0.717, 1.165) is 0 Å². The second kappa shape index (κ2) is 10.4. The average molecular weight is 443 g/mol. The lowest BCUT2D eigenvalue weighted by atomic mass is 10.1. The zero-order chi connectivity index (χ0) is 22.4. The Hall–Kier alpha value is -1.69. The standard InChI is InChI=1S/C20H34O7Si2/c1-9-24-19(28(3,4)5)26-15-11-12-16(17(18(22)23)14(15)13-21)27-20(25-10-2)29(6,7)8/h11-13,19-20H,9-10H2,1-8H3,(H,22,23). The van der Waals surface area contributed by atoms with Gasteiger partial charge in [0, 0.05) is 13.2 Å². The minimum atomic E-state index is -1.92. The Morgan fingerprint density at radius 2 is 1.34 bits per heavy atom. The molecule has 0 fully saturated rings. The van der Waals surface area contributed by atoms with Crippen molar-refractivity contribution in [3.05, 3.63) is 23.3 Å². The molecule has 164 valence electrons. The Kier molecular flexibility index (Phi) is 9.07. The maximum atomic E-state index is 12.0. The van der Waals surface area contributed by atoms with Crippen molar-refractivity contribution in [1.82, 2.24) is 0 Å². The number of rotatable bonds is 12. The summed E-state index contributed by atoms with van der Waals surface area (Å²) < 4.78 is 23.3. The van der Waals surface area contributed by atoms with Crippen LogP contribution in [0.25, 0.3) is 0 Å². The smallest absolute Gasteiger partial charge is 0.340 e. The molecule has 1 aromatic carbocycles. The molecular weight excluding hydrogens is 408 g/mol. The van der Waals surface area contributed by atoms with E-state index in [9.17, 15) is 14.7 Å². The van der Waals surface area contributed by atoms with E-state index in [2.05, 4.69) is 39.3 Å². The van der Waals surface area contributed by atoms with Crippen LogP contribution in [0, 0.1) is 0 Å². The molecular formula is C20H34O7Si2. The maximum Gasteiger partial charge on any atom is 0.340 e. The van der Waals surface area contributed by atoms with Crippen LogP contribution in [0.2, 0.25) is 39.3 Å². The van der Waals surface area contributed by atoms with Crippen LogP contribution in [-0.2, 0) is 9.47 Å². The SMILES string of the molecule is CCOC(Oc1ccc(OC(OCC)[Si](C)(C)C)c(C(=O)O)c1C=O)[Si](C)(C)C. The summed E-state index contributed by atoms with van der Waals surface area (Å²) in [7, 11) is -3.82. The Labute approximate surface area is 175 Å². The molecule has 0 radical (unpaired) electrons. The molecule has 0 saturated heterocycles. The van der Waals surface area contributed by atoms with Gasteiger partial charge in [0.05, 0.1) is 5.56 Å². The molecule has 0 aromatic heterocycles. The lowest BCUT2D eigenvalue weighted by Crippen LogP contribution is -2.45. The summed E-state index contributed by atoms with van der Waals surface area (Å²) in [5.41, 5.74) is -0.296. The summed E-state index contributed by atoms with van der Waals surface area (Å²) in [4.78, 5) is 23.9. The van der Waals surface area contributed by atoms with Crippen LogP contribution in [-0.4, -0.2) is 58.6 Å². The zero-order valence-electron chi connectivity index (χ0n) is 18.7. The molecule has 0 spiro atoms. The van der Waals surface area contributed by atoms with Crippen LogP contribution in [0.15, 0.2) is 12.1 Å². The van der Waals surface area contributed by atoms with Gasteiger partial charge in [-0.3, -0.25) is 4.79 Å². The van der Waals surface area contributed by atoms with Crippen molar-refractivity contribution in [2.45, 2.75) is 65.0 Å². The van der Waals surface area contributed by atoms with Crippen LogP contribution >= 0.6 is 0 Å². The van der Waals surface area contributed by atoms with Crippen molar-refractivity contribution in [1.29, 1.82) is 0 Å². The molecule has 2 atom stereocenters. The second-order valence-corrected chi connectivity index (χ2v) is 19.2. The highest BCUT2D eigenvalue weighted by Crippen LogP contribution is 2.33. The first-order valence-corrected chi connectivity index (χ1v) is 16.9. The first kappa shape index (κ1) is 25.4. The van der Waals surface area contributed by atoms with E-state index < -0.39 is 33.9 Å². The Balaban J connectivity index is 3.43. The molecule has 9 heteroatoms. The van der Waals surface area contributed by atoms with Crippen molar-refractivity contribution in [3.63, 3.8) is 0 Å². The topological polar surface area (TPSA) is 91.3 Å². The number of carboxylic acid groups (broad SMARTS) is 1. The van der Waals surface area contributed by atoms with Crippen molar-refractivity contribution < 1.29 is 33.6 Å². The number of hydrogen-bond donors (Lipinski definition) is 1. The number of hydrogen-bond acceptors (Lipinski definition) is 6. The van der Waals surface area contributed by atoms with E-state index in [1.54, 1.807) is 6.07 Å². The van der Waals surface area contributed by atoms with Gasteiger partial charge in [-0.25, -0.2) is 4.79 Å². The van der Waals surface area contributed by atoms with E-state index >= 15 is 0 Å². The van der Waals surface area contributed by atoms with E-state index in [1.165, 1.54) is 6.07 Å². The zero-order valence-corrected chi connectivity index (χ0v) is 20.7. The van der Waals surface area contributed by atoms with Gasteiger partial charge in [0.25, 0.3) is 0 Å². The minimum absolute atomic E-state index is 0.0659. The number of ether oxygens (including phenoxy) is 4. The Morgan fingerprint density at radius 3 is 1.69 bits per heavy atom. The van der Waals surface area contributed by atoms with Crippen LogP contribution in [0.4, 0.5) is 0 Å². The molecule has 1 N–H and O–H groups in total. The maximum absolute atomic E-state index is 12.0. The van der Waals surface area contributed by atoms with Crippen LogP contribution in [0.3, 0.4) is 0 Å². The Morgan fingerprint density at radius 1 is 0.931 bits per heavy atom. The fourth-order valence-electron chi connectivity index (χ4n) is 2.57. The van der Waals surface area contributed by atoms with Crippen LogP contribution in [0.1, 0.15) is 34.6 Å². The molecule has 0 aliphatic heterocycles. The summed E-state index contributed by atoms with van der Waals surface area (Å²) in [5, 5.41) is 9.80. The highest BCUT2D eigenvalue weighted by Gasteiger charge is 2.34. The van der Waals surface area contributed by atoms with E-state index in [4.69, 9.17) is 18.9 Å². The largest absolute Gasteiger partial charge is 0.478 e. The van der Waals surface area contributed by atoms with E-state index in [1.807, 2.05) is 13.8 Å². The predicted octanol–water partition coefficient (Wildman–Crippen LogP) is 4.43. The molecule has 0 amide bonds. The fraction of sp³-hybridized carbons (Fsp3) is 0.600. The lowest BCUT2D eigenvalue weighted by molar-refractivity contribution is -0.0263. The number of carbonyl (C=O) groups excluding carboxylic acids is 1. The van der Waals surface area contributed by atoms with Crippen molar-refractivity contribution in [2.24, 2.45) is 0 Å². The summed E-state index contributed by atoms with van der Waals surface area (Å²) in [6, 6.07) is 3.08. The number of carboxylic acids is 1. The number of aromatic carboxylic acids is 1. The molecule has 0 bridgehead atoms. The van der Waals surface area contributed by atoms with Crippen molar-refractivity contribution >= 4 is 28.4 Å². The van der Waals surface area contributed by atoms with Gasteiger partial charge in [-0.05, 0) is 26.0 Å². The average Bonchev–Trinajstić information content (AvgIpc) is 2.59. The quantitative estimate of drug-likeness (QED) is 0.291. The summed E-state index contributed by atoms with van der Waals surface area (Å²) in [5.74, 6) is -2.06. The van der Waals surface area contributed by atoms with Gasteiger partial charge >= 0.3 is 5.97 Å². The molecule has 1 rings (SSSR count). The highest BCUT2D eigenvalue weighted by atomic mass is 28.3. The molecule has 0 aliphatic carbocycles. The highest BCUT2D eigenvalue weighted by molar-refractivity contribution is 6.77. The molecule has 0 heterocycles. The lowest BCUT2D eigenvalue weighted by Gasteiger charge is -2.31. The monoisotopic (exact) mass is 442 g/mol. The number of aldehydes is 1. The van der Waals surface area contributed by atoms with Crippen molar-refractivity contribution in [2.75, 3.05) is 13.2 Å². The summed E-state index contributed by atoms with van der Waals surface area (Å²) >= 11 is 0. The van der Waals surface area contributed by atoms with Gasteiger partial charge in [-0.2, -0.15) is 0 Å². The second-order valence-electron chi connectivity index (χ2n) is 8.82. The molecule has 29 heavy (non-hydrogen) atoms. The van der Waals surface area contributed by atoms with Crippen molar-refractivity contribution in [3.8, 4) is 11.5 Å². The molecule has 1 aromatic rings. The van der Waals surface area contributed by atoms with Gasteiger partial charge < -0.3 is 24.1 Å². The van der Waals surface area contributed by atoms with E-state index in [-0.39, 0.29) is 22.6 Å². The third-order valence-electron chi connectivity index (χ3n) is 4.02. The molecule has 0 aliphatic rings. The summed E-state index contributed by atoms with van der Waals surface area (Å²) in [6.45, 7) is 17.0. The Bertz CT molecular complexity index is 708. The van der Waals surface area contributed by atoms with Gasteiger partial charge in [-0.1, -0.05) is 39.3 Å². The molecule has 7 nitrogen and oxygen atoms in total. The number of carbonyl (C=O) groups is 2. The first-order chi connectivity index (χ1) is 13.4. The third-order valence-corrected chi connectivity index (χ3v) is 7.41. The number of benzene rings is 1. The minimum Gasteiger partial charge on any atom is -0.478 e. The van der Waals surface area contributed by atoms with Gasteiger partial charge in [0.2, 0.25) is 0 Å². The third kappa shape index (κ3) is 6.95.